The van der Waals surface area contributed by atoms with E-state index in [1.165, 1.54) is 51.4 Å². The summed E-state index contributed by atoms with van der Waals surface area (Å²) in [7, 11) is 0. The second-order valence-corrected chi connectivity index (χ2v) is 12.5. The van der Waals surface area contributed by atoms with Crippen LogP contribution in [-0.2, 0) is 28.6 Å². The maximum Gasteiger partial charge on any atom is 0.332 e. The first-order chi connectivity index (χ1) is 21.4. The van der Waals surface area contributed by atoms with E-state index in [9.17, 15) is 24.6 Å². The molecule has 2 N–H and O–H groups in total. The molecule has 0 aromatic heterocycles. The first-order valence-corrected chi connectivity index (χ1v) is 17.8. The van der Waals surface area contributed by atoms with E-state index in [0.717, 1.165) is 51.4 Å². The van der Waals surface area contributed by atoms with Crippen LogP contribution >= 0.6 is 0 Å². The molecule has 0 aromatic carbocycles. The fourth-order valence-electron chi connectivity index (χ4n) is 5.81. The van der Waals surface area contributed by atoms with E-state index in [1.807, 2.05) is 6.08 Å². The molecule has 1 saturated carbocycles. The van der Waals surface area contributed by atoms with Crippen molar-refractivity contribution in [2.75, 3.05) is 26.4 Å². The summed E-state index contributed by atoms with van der Waals surface area (Å²) in [6, 6.07) is 0. The summed E-state index contributed by atoms with van der Waals surface area (Å²) >= 11 is 0. The largest absolute Gasteiger partial charge is 0.462 e. The number of aliphatic hydroxyl groups excluding tert-OH is 2. The zero-order valence-electron chi connectivity index (χ0n) is 28.0. The van der Waals surface area contributed by atoms with Crippen LogP contribution in [0.1, 0.15) is 149 Å². The lowest BCUT2D eigenvalue weighted by atomic mass is 9.88. The highest BCUT2D eigenvalue weighted by molar-refractivity contribution is 5.84. The lowest BCUT2D eigenvalue weighted by Gasteiger charge is -2.18. The van der Waals surface area contributed by atoms with Crippen LogP contribution in [0, 0.1) is 11.8 Å². The molecular weight excluding hydrogens is 560 g/mol. The Kier molecular flexibility index (Phi) is 25.2. The Labute approximate surface area is 267 Å². The van der Waals surface area contributed by atoms with Gasteiger partial charge in [0.1, 0.15) is 25.6 Å². The molecule has 0 amide bonds. The third-order valence-corrected chi connectivity index (χ3v) is 8.51. The third-order valence-electron chi connectivity index (χ3n) is 8.51. The quantitative estimate of drug-likeness (QED) is 0.0501. The molecule has 0 aromatic rings. The molecule has 0 bridgehead atoms. The van der Waals surface area contributed by atoms with Crippen LogP contribution in [0.25, 0.3) is 0 Å². The molecular formula is C36H64O8. The van der Waals surface area contributed by atoms with Crippen LogP contribution in [0.4, 0.5) is 0 Å². The number of carbonyl (C=O) groups is 3. The number of ether oxygens (including phenoxy) is 3. The predicted octanol–water partition coefficient (Wildman–Crippen LogP) is 7.41. The van der Waals surface area contributed by atoms with Crippen molar-refractivity contribution in [2.45, 2.75) is 161 Å². The average molecular weight is 625 g/mol. The van der Waals surface area contributed by atoms with Gasteiger partial charge in [0.25, 0.3) is 0 Å². The van der Waals surface area contributed by atoms with Crippen molar-refractivity contribution >= 4 is 17.7 Å². The molecule has 0 radical (unpaired) electrons. The summed E-state index contributed by atoms with van der Waals surface area (Å²) in [6.45, 7) is 4.91. The second kappa shape index (κ2) is 27.5. The van der Waals surface area contributed by atoms with Gasteiger partial charge in [0.05, 0.1) is 12.2 Å². The number of unbranched alkanes of at least 4 members (excludes halogenated alkanes) is 14. The van der Waals surface area contributed by atoms with Crippen molar-refractivity contribution in [1.82, 2.24) is 0 Å². The molecule has 8 heteroatoms. The Morgan fingerprint density at radius 1 is 0.773 bits per heavy atom. The molecule has 4 atom stereocenters. The Morgan fingerprint density at radius 3 is 2.02 bits per heavy atom. The summed E-state index contributed by atoms with van der Waals surface area (Å²) < 4.78 is 15.6. The van der Waals surface area contributed by atoms with E-state index in [-0.39, 0.29) is 49.8 Å². The minimum absolute atomic E-state index is 0.0266. The van der Waals surface area contributed by atoms with Crippen molar-refractivity contribution in [3.8, 4) is 0 Å². The van der Waals surface area contributed by atoms with Crippen LogP contribution in [0.5, 0.6) is 0 Å². The summed E-state index contributed by atoms with van der Waals surface area (Å²) in [5, 5.41) is 20.5. The maximum absolute atomic E-state index is 12.4. The standard InChI is InChI=1S/C36H64O8/c1-3-5-7-8-9-10-11-12-15-19-25-42-29-36(41)44-27-26-43-35(40)22-18-14-13-17-21-31-32(34(39)28-33(31)38)24-23-30(37)20-16-6-4-2/h23-24,30-32,34,37,39H,3-22,25-29H2,1-2H3/b24-23+/t30-,31+,32+,34+/m0/s1. The highest BCUT2D eigenvalue weighted by Gasteiger charge is 2.39. The van der Waals surface area contributed by atoms with Crippen molar-refractivity contribution in [1.29, 1.82) is 0 Å². The molecule has 1 aliphatic rings. The number of rotatable bonds is 29. The minimum atomic E-state index is -0.678. The van der Waals surface area contributed by atoms with E-state index in [1.54, 1.807) is 6.08 Å². The molecule has 0 saturated heterocycles. The van der Waals surface area contributed by atoms with Gasteiger partial charge in [0.15, 0.2) is 0 Å². The van der Waals surface area contributed by atoms with Gasteiger partial charge in [-0.1, -0.05) is 122 Å². The first kappa shape index (κ1) is 40.3. The van der Waals surface area contributed by atoms with Gasteiger partial charge in [0.2, 0.25) is 0 Å². The fraction of sp³-hybridized carbons (Fsp3) is 0.861. The van der Waals surface area contributed by atoms with Crippen LogP contribution in [-0.4, -0.2) is 66.6 Å². The molecule has 0 unspecified atom stereocenters. The monoisotopic (exact) mass is 624 g/mol. The maximum atomic E-state index is 12.4. The van der Waals surface area contributed by atoms with Gasteiger partial charge in [-0.2, -0.15) is 0 Å². The molecule has 0 aliphatic heterocycles. The van der Waals surface area contributed by atoms with Gasteiger partial charge in [-0.3, -0.25) is 9.59 Å². The molecule has 0 heterocycles. The van der Waals surface area contributed by atoms with E-state index in [0.29, 0.717) is 32.3 Å². The van der Waals surface area contributed by atoms with Gasteiger partial charge >= 0.3 is 11.9 Å². The van der Waals surface area contributed by atoms with E-state index in [4.69, 9.17) is 14.2 Å². The van der Waals surface area contributed by atoms with Crippen molar-refractivity contribution in [2.24, 2.45) is 11.8 Å². The Hall–Kier alpha value is -1.77. The lowest BCUT2D eigenvalue weighted by Crippen LogP contribution is -2.19. The number of esters is 2. The van der Waals surface area contributed by atoms with Crippen LogP contribution in [0.2, 0.25) is 0 Å². The summed E-state index contributed by atoms with van der Waals surface area (Å²) in [6.07, 6.45) is 23.2. The Bertz CT molecular complexity index is 767. The van der Waals surface area contributed by atoms with Gasteiger partial charge in [-0.05, 0) is 25.7 Å². The predicted molar refractivity (Wildman–Crippen MR) is 174 cm³/mol. The van der Waals surface area contributed by atoms with Gasteiger partial charge < -0.3 is 24.4 Å². The van der Waals surface area contributed by atoms with E-state index >= 15 is 0 Å². The van der Waals surface area contributed by atoms with Crippen molar-refractivity contribution < 1.29 is 38.8 Å². The van der Waals surface area contributed by atoms with Crippen LogP contribution < -0.4 is 0 Å². The number of hydrogen-bond acceptors (Lipinski definition) is 8. The normalized spacial score (nSPS) is 19.1. The fourth-order valence-corrected chi connectivity index (χ4v) is 5.81. The lowest BCUT2D eigenvalue weighted by molar-refractivity contribution is -0.155. The zero-order chi connectivity index (χ0) is 32.3. The zero-order valence-corrected chi connectivity index (χ0v) is 28.0. The number of aliphatic hydroxyl groups is 2. The summed E-state index contributed by atoms with van der Waals surface area (Å²) in [4.78, 5) is 36.2. The first-order valence-electron chi connectivity index (χ1n) is 17.8. The minimum Gasteiger partial charge on any atom is -0.462 e. The smallest absolute Gasteiger partial charge is 0.332 e. The molecule has 0 spiro atoms. The molecule has 256 valence electrons. The highest BCUT2D eigenvalue weighted by Crippen LogP contribution is 2.34. The Morgan fingerprint density at radius 2 is 1.34 bits per heavy atom. The molecule has 1 fully saturated rings. The molecule has 1 aliphatic carbocycles. The van der Waals surface area contributed by atoms with Gasteiger partial charge in [-0.15, -0.1) is 0 Å². The average Bonchev–Trinajstić information content (AvgIpc) is 3.27. The van der Waals surface area contributed by atoms with Crippen LogP contribution in [0.15, 0.2) is 12.2 Å². The third kappa shape index (κ3) is 21.1. The van der Waals surface area contributed by atoms with Crippen LogP contribution in [0.3, 0.4) is 0 Å². The number of ketones is 1. The van der Waals surface area contributed by atoms with E-state index in [2.05, 4.69) is 13.8 Å². The number of Topliss-reactive ketones (excluding diaryl/α,β-unsaturated/α-hetero) is 1. The summed E-state index contributed by atoms with van der Waals surface area (Å²) in [5.41, 5.74) is 0. The van der Waals surface area contributed by atoms with Gasteiger partial charge in [0, 0.05) is 31.3 Å². The highest BCUT2D eigenvalue weighted by atomic mass is 16.6. The SMILES string of the molecule is CCCCCCCCCCCCOCC(=O)OCCOC(=O)CCCCCC[C@H]1C(=O)C[C@@H](O)[C@@H]1/C=C/[C@@H](O)CCCCC. The Balaban J connectivity index is 2.00. The molecule has 1 rings (SSSR count). The molecule has 8 nitrogen and oxygen atoms in total. The van der Waals surface area contributed by atoms with Gasteiger partial charge in [-0.25, -0.2) is 4.79 Å². The summed E-state index contributed by atoms with van der Waals surface area (Å²) in [5.74, 6) is -1.10. The number of carbonyl (C=O) groups excluding carboxylic acids is 3. The molecule has 44 heavy (non-hydrogen) atoms. The van der Waals surface area contributed by atoms with Crippen molar-refractivity contribution in [3.63, 3.8) is 0 Å². The second-order valence-electron chi connectivity index (χ2n) is 12.5. The van der Waals surface area contributed by atoms with E-state index < -0.39 is 18.2 Å². The van der Waals surface area contributed by atoms with Crippen molar-refractivity contribution in [3.05, 3.63) is 12.2 Å². The number of hydrogen-bond donors (Lipinski definition) is 2. The topological polar surface area (TPSA) is 119 Å².